The van der Waals surface area contributed by atoms with Gasteiger partial charge in [0.05, 0.1) is 27.1 Å². The van der Waals surface area contributed by atoms with E-state index in [9.17, 15) is 18.5 Å². The molecule has 2 aromatic carbocycles. The van der Waals surface area contributed by atoms with E-state index in [4.69, 9.17) is 15.8 Å². The van der Waals surface area contributed by atoms with Crippen LogP contribution in [-0.2, 0) is 14.3 Å². The Bertz CT molecular complexity index is 955. The van der Waals surface area contributed by atoms with Crippen LogP contribution in [0.1, 0.15) is 18.4 Å². The predicted molar refractivity (Wildman–Crippen MR) is 107 cm³/mol. The summed E-state index contributed by atoms with van der Waals surface area (Å²) in [6.07, 6.45) is 1.49. The van der Waals surface area contributed by atoms with Crippen LogP contribution in [0.15, 0.2) is 47.4 Å². The van der Waals surface area contributed by atoms with Crippen LogP contribution in [0.25, 0.3) is 0 Å². The highest BCUT2D eigenvalue weighted by atomic mass is 35.5. The molecule has 0 unspecified atom stereocenters. The van der Waals surface area contributed by atoms with Crippen molar-refractivity contribution in [1.29, 1.82) is 0 Å². The average molecular weight is 425 g/mol. The maximum atomic E-state index is 12.3. The molecule has 0 saturated carbocycles. The first-order valence-electron chi connectivity index (χ1n) is 8.91. The fourth-order valence-electron chi connectivity index (χ4n) is 3.17. The van der Waals surface area contributed by atoms with Gasteiger partial charge in [-0.2, -0.15) is 8.42 Å². The summed E-state index contributed by atoms with van der Waals surface area (Å²) in [6, 6.07) is 11.0. The summed E-state index contributed by atoms with van der Waals surface area (Å²) < 4.78 is 29.9. The van der Waals surface area contributed by atoms with Gasteiger partial charge in [0.25, 0.3) is 15.8 Å². The first kappa shape index (κ1) is 20.6. The Morgan fingerprint density at radius 1 is 1.18 bits per heavy atom. The molecule has 0 bridgehead atoms. The van der Waals surface area contributed by atoms with E-state index in [2.05, 4.69) is 4.90 Å². The van der Waals surface area contributed by atoms with Gasteiger partial charge in [0.1, 0.15) is 0 Å². The van der Waals surface area contributed by atoms with Crippen LogP contribution >= 0.6 is 11.6 Å². The molecule has 0 aliphatic carbocycles. The standard InChI is InChI=1S/C19H21ClN2O5S/c1-14-2-5-17(6-3-14)28(25,26)27-13-15-8-10-21(11-9-15)19-7-4-16(22(23)24)12-18(19)20/h2-7,12,15H,8-11,13H2,1H3. The van der Waals surface area contributed by atoms with Gasteiger partial charge in [-0.25, -0.2) is 0 Å². The molecule has 1 fully saturated rings. The first-order chi connectivity index (χ1) is 13.3. The molecule has 2 aromatic rings. The lowest BCUT2D eigenvalue weighted by Crippen LogP contribution is -2.35. The second-order valence-electron chi connectivity index (χ2n) is 6.87. The third kappa shape index (κ3) is 4.81. The minimum Gasteiger partial charge on any atom is -0.370 e. The molecule has 0 radical (unpaired) electrons. The quantitative estimate of drug-likeness (QED) is 0.392. The van der Waals surface area contributed by atoms with Crippen molar-refractivity contribution in [1.82, 2.24) is 0 Å². The van der Waals surface area contributed by atoms with Crippen LogP contribution in [0.3, 0.4) is 0 Å². The zero-order valence-corrected chi connectivity index (χ0v) is 16.9. The highest BCUT2D eigenvalue weighted by Gasteiger charge is 2.24. The van der Waals surface area contributed by atoms with Crippen LogP contribution < -0.4 is 4.90 Å². The number of nitro benzene ring substituents is 1. The van der Waals surface area contributed by atoms with Crippen LogP contribution in [0.5, 0.6) is 0 Å². The van der Waals surface area contributed by atoms with Crippen molar-refractivity contribution in [3.63, 3.8) is 0 Å². The molecular weight excluding hydrogens is 404 g/mol. The highest BCUT2D eigenvalue weighted by Crippen LogP contribution is 2.32. The topological polar surface area (TPSA) is 89.8 Å². The summed E-state index contributed by atoms with van der Waals surface area (Å²) in [5.41, 5.74) is 1.69. The molecule has 1 aliphatic heterocycles. The maximum Gasteiger partial charge on any atom is 0.296 e. The molecular formula is C19H21ClN2O5S. The molecule has 0 spiro atoms. The van der Waals surface area contributed by atoms with E-state index < -0.39 is 15.0 Å². The van der Waals surface area contributed by atoms with Crippen molar-refractivity contribution in [3.8, 4) is 0 Å². The van der Waals surface area contributed by atoms with Gasteiger partial charge in [0.15, 0.2) is 0 Å². The number of rotatable bonds is 6. The van der Waals surface area contributed by atoms with Crippen molar-refractivity contribution < 1.29 is 17.5 Å². The largest absolute Gasteiger partial charge is 0.370 e. The van der Waals surface area contributed by atoms with Gasteiger partial charge in [-0.15, -0.1) is 0 Å². The number of halogens is 1. The average Bonchev–Trinajstić information content (AvgIpc) is 2.67. The summed E-state index contributed by atoms with van der Waals surface area (Å²) in [7, 11) is -3.76. The van der Waals surface area contributed by atoms with E-state index in [1.165, 1.54) is 12.1 Å². The number of non-ortho nitro benzene ring substituents is 1. The van der Waals surface area contributed by atoms with E-state index >= 15 is 0 Å². The molecule has 9 heteroatoms. The van der Waals surface area contributed by atoms with E-state index in [1.807, 2.05) is 6.92 Å². The lowest BCUT2D eigenvalue weighted by Gasteiger charge is -2.33. The molecule has 1 saturated heterocycles. The van der Waals surface area contributed by atoms with Crippen molar-refractivity contribution in [3.05, 3.63) is 63.2 Å². The molecule has 0 amide bonds. The summed E-state index contributed by atoms with van der Waals surface area (Å²) in [5, 5.41) is 11.2. The van der Waals surface area contributed by atoms with Gasteiger partial charge in [-0.1, -0.05) is 29.3 Å². The fraction of sp³-hybridized carbons (Fsp3) is 0.368. The fourth-order valence-corrected chi connectivity index (χ4v) is 4.44. The molecule has 3 rings (SSSR count). The lowest BCUT2D eigenvalue weighted by atomic mass is 9.97. The molecule has 7 nitrogen and oxygen atoms in total. The number of nitrogens with zero attached hydrogens (tertiary/aromatic N) is 2. The molecule has 28 heavy (non-hydrogen) atoms. The van der Waals surface area contributed by atoms with Gasteiger partial charge in [0, 0.05) is 25.2 Å². The summed E-state index contributed by atoms with van der Waals surface area (Å²) >= 11 is 6.19. The number of hydrogen-bond donors (Lipinski definition) is 0. The molecule has 0 atom stereocenters. The zero-order chi connectivity index (χ0) is 20.3. The van der Waals surface area contributed by atoms with E-state index in [0.29, 0.717) is 18.1 Å². The van der Waals surface area contributed by atoms with Crippen LogP contribution in [0.4, 0.5) is 11.4 Å². The lowest BCUT2D eigenvalue weighted by molar-refractivity contribution is -0.384. The Labute approximate surface area is 169 Å². The van der Waals surface area contributed by atoms with Gasteiger partial charge < -0.3 is 4.90 Å². The third-order valence-corrected chi connectivity index (χ3v) is 6.46. The normalized spacial score (nSPS) is 15.6. The predicted octanol–water partition coefficient (Wildman–Crippen LogP) is 4.18. The summed E-state index contributed by atoms with van der Waals surface area (Å²) in [5.74, 6) is 0.119. The minimum atomic E-state index is -3.76. The zero-order valence-electron chi connectivity index (χ0n) is 15.4. The second kappa shape index (κ2) is 8.46. The van der Waals surface area contributed by atoms with Gasteiger partial charge in [-0.05, 0) is 43.9 Å². The number of anilines is 1. The summed E-state index contributed by atoms with van der Waals surface area (Å²) in [4.78, 5) is 12.6. The Kier molecular flexibility index (Phi) is 6.22. The monoisotopic (exact) mass is 424 g/mol. The molecule has 1 heterocycles. The Morgan fingerprint density at radius 2 is 1.82 bits per heavy atom. The van der Waals surface area contributed by atoms with Crippen LogP contribution in [0, 0.1) is 23.0 Å². The second-order valence-corrected chi connectivity index (χ2v) is 8.90. The van der Waals surface area contributed by atoms with Gasteiger partial charge in [-0.3, -0.25) is 14.3 Å². The molecule has 0 aromatic heterocycles. The molecule has 0 N–H and O–H groups in total. The van der Waals surface area contributed by atoms with Crippen LogP contribution in [-0.4, -0.2) is 33.0 Å². The minimum absolute atomic E-state index is 0.0432. The van der Waals surface area contributed by atoms with Crippen molar-refractivity contribution in [2.45, 2.75) is 24.7 Å². The highest BCUT2D eigenvalue weighted by molar-refractivity contribution is 7.86. The van der Waals surface area contributed by atoms with Crippen molar-refractivity contribution in [2.75, 3.05) is 24.6 Å². The van der Waals surface area contributed by atoms with Crippen LogP contribution in [0.2, 0.25) is 5.02 Å². The number of hydrogen-bond acceptors (Lipinski definition) is 6. The number of piperidine rings is 1. The number of benzene rings is 2. The Hall–Kier alpha value is -2.16. The van der Waals surface area contributed by atoms with E-state index in [0.717, 1.165) is 24.1 Å². The van der Waals surface area contributed by atoms with Gasteiger partial charge in [0.2, 0.25) is 0 Å². The maximum absolute atomic E-state index is 12.3. The molecule has 1 aliphatic rings. The third-order valence-electron chi connectivity index (χ3n) is 4.87. The van der Waals surface area contributed by atoms with Gasteiger partial charge >= 0.3 is 0 Å². The molecule has 150 valence electrons. The Morgan fingerprint density at radius 3 is 2.39 bits per heavy atom. The summed E-state index contributed by atoms with van der Waals surface area (Å²) in [6.45, 7) is 3.38. The Balaban J connectivity index is 1.56. The van der Waals surface area contributed by atoms with Crippen molar-refractivity contribution >= 4 is 33.1 Å². The number of aryl methyl sites for hydroxylation is 1. The first-order valence-corrected chi connectivity index (χ1v) is 10.7. The number of nitro groups is 1. The smallest absolute Gasteiger partial charge is 0.296 e. The van der Waals surface area contributed by atoms with E-state index in [1.54, 1.807) is 30.3 Å². The van der Waals surface area contributed by atoms with Crippen molar-refractivity contribution in [2.24, 2.45) is 5.92 Å². The van der Waals surface area contributed by atoms with E-state index in [-0.39, 0.29) is 23.1 Å². The SMILES string of the molecule is Cc1ccc(S(=O)(=O)OCC2CCN(c3ccc([N+](=O)[O-])cc3Cl)CC2)cc1.